The van der Waals surface area contributed by atoms with Crippen LogP contribution in [0.1, 0.15) is 12.0 Å². The third kappa shape index (κ3) is 4.23. The quantitative estimate of drug-likeness (QED) is 0.622. The van der Waals surface area contributed by atoms with Crippen LogP contribution < -0.4 is 5.32 Å². The SMILES string of the molecule is CN=C(NCCc1cnn(C)c1)N1CCC(N2CCOCC2)C1. The van der Waals surface area contributed by atoms with Crippen LogP contribution in [0.3, 0.4) is 0 Å². The third-order valence-corrected chi connectivity index (χ3v) is 4.69. The first-order chi connectivity index (χ1) is 11.3. The number of nitrogens with zero attached hydrogens (tertiary/aromatic N) is 5. The topological polar surface area (TPSA) is 57.9 Å². The van der Waals surface area contributed by atoms with Gasteiger partial charge < -0.3 is 15.0 Å². The molecule has 0 bridgehead atoms. The molecule has 1 unspecified atom stereocenters. The molecular formula is C16H28N6O. The summed E-state index contributed by atoms with van der Waals surface area (Å²) in [6.45, 7) is 6.89. The molecule has 3 heterocycles. The van der Waals surface area contributed by atoms with Crippen LogP contribution in [0.15, 0.2) is 17.4 Å². The molecule has 7 nitrogen and oxygen atoms in total. The Morgan fingerprint density at radius 3 is 2.91 bits per heavy atom. The van der Waals surface area contributed by atoms with E-state index in [9.17, 15) is 0 Å². The van der Waals surface area contributed by atoms with Gasteiger partial charge in [0.05, 0.1) is 19.4 Å². The summed E-state index contributed by atoms with van der Waals surface area (Å²) in [7, 11) is 3.82. The number of aromatic nitrogens is 2. The van der Waals surface area contributed by atoms with Crippen LogP contribution >= 0.6 is 0 Å². The first-order valence-electron chi connectivity index (χ1n) is 8.51. The van der Waals surface area contributed by atoms with Crippen molar-refractivity contribution in [2.24, 2.45) is 12.0 Å². The molecule has 2 aliphatic rings. The highest BCUT2D eigenvalue weighted by Gasteiger charge is 2.30. The first kappa shape index (κ1) is 16.3. The van der Waals surface area contributed by atoms with Crippen molar-refractivity contribution in [2.45, 2.75) is 18.9 Å². The van der Waals surface area contributed by atoms with Gasteiger partial charge in [-0.1, -0.05) is 0 Å². The lowest BCUT2D eigenvalue weighted by atomic mass is 10.2. The fourth-order valence-corrected chi connectivity index (χ4v) is 3.43. The fraction of sp³-hybridized carbons (Fsp3) is 0.750. The largest absolute Gasteiger partial charge is 0.379 e. The number of hydrogen-bond donors (Lipinski definition) is 1. The summed E-state index contributed by atoms with van der Waals surface area (Å²) in [6.07, 6.45) is 6.17. The van der Waals surface area contributed by atoms with Gasteiger partial charge in [-0.15, -0.1) is 0 Å². The van der Waals surface area contributed by atoms with E-state index in [4.69, 9.17) is 4.74 Å². The van der Waals surface area contributed by atoms with Crippen molar-refractivity contribution in [3.8, 4) is 0 Å². The van der Waals surface area contributed by atoms with Gasteiger partial charge in [-0.05, 0) is 18.4 Å². The number of rotatable bonds is 4. The molecule has 0 saturated carbocycles. The van der Waals surface area contributed by atoms with Crippen LogP contribution in [0.5, 0.6) is 0 Å². The molecule has 0 radical (unpaired) electrons. The summed E-state index contributed by atoms with van der Waals surface area (Å²) < 4.78 is 7.30. The molecule has 1 N–H and O–H groups in total. The minimum absolute atomic E-state index is 0.635. The van der Waals surface area contributed by atoms with E-state index in [-0.39, 0.29) is 0 Å². The second-order valence-corrected chi connectivity index (χ2v) is 6.28. The van der Waals surface area contributed by atoms with E-state index in [2.05, 4.69) is 31.4 Å². The van der Waals surface area contributed by atoms with Crippen molar-refractivity contribution in [1.82, 2.24) is 24.9 Å². The van der Waals surface area contributed by atoms with E-state index < -0.39 is 0 Å². The lowest BCUT2D eigenvalue weighted by Gasteiger charge is -2.32. The Morgan fingerprint density at radius 2 is 2.22 bits per heavy atom. The van der Waals surface area contributed by atoms with Crippen LogP contribution in [0.25, 0.3) is 0 Å². The molecule has 1 aromatic heterocycles. The Hall–Kier alpha value is -1.60. The average Bonchev–Trinajstić information content (AvgIpc) is 3.22. The number of aliphatic imine (C=N–C) groups is 1. The minimum atomic E-state index is 0.635. The van der Waals surface area contributed by atoms with Crippen molar-refractivity contribution in [2.75, 3.05) is 53.0 Å². The summed E-state index contributed by atoms with van der Waals surface area (Å²) in [4.78, 5) is 9.39. The Kier molecular flexibility index (Phi) is 5.51. The molecule has 2 saturated heterocycles. The highest BCUT2D eigenvalue weighted by atomic mass is 16.5. The van der Waals surface area contributed by atoms with Crippen molar-refractivity contribution in [3.63, 3.8) is 0 Å². The summed E-state index contributed by atoms with van der Waals surface area (Å²) >= 11 is 0. The predicted molar refractivity (Wildman–Crippen MR) is 90.6 cm³/mol. The van der Waals surface area contributed by atoms with Gasteiger partial charge in [0.25, 0.3) is 0 Å². The van der Waals surface area contributed by atoms with Crippen molar-refractivity contribution in [3.05, 3.63) is 18.0 Å². The van der Waals surface area contributed by atoms with Crippen molar-refractivity contribution >= 4 is 5.96 Å². The molecule has 3 rings (SSSR count). The normalized spacial score (nSPS) is 23.5. The Morgan fingerprint density at radius 1 is 1.39 bits per heavy atom. The molecule has 7 heteroatoms. The van der Waals surface area contributed by atoms with Gasteiger partial charge in [0.2, 0.25) is 0 Å². The van der Waals surface area contributed by atoms with E-state index in [0.717, 1.165) is 58.3 Å². The highest BCUT2D eigenvalue weighted by molar-refractivity contribution is 5.80. The third-order valence-electron chi connectivity index (χ3n) is 4.69. The summed E-state index contributed by atoms with van der Waals surface area (Å²) in [5, 5.41) is 7.69. The van der Waals surface area contributed by atoms with Crippen LogP contribution in [-0.4, -0.2) is 84.6 Å². The standard InChI is InChI=1S/C16H28N6O/c1-17-16(18-5-3-14-11-19-20(2)12-14)22-6-4-15(13-22)21-7-9-23-10-8-21/h11-12,15H,3-10,13H2,1-2H3,(H,17,18). The number of guanidine groups is 1. The Balaban J connectivity index is 1.45. The zero-order valence-electron chi connectivity index (χ0n) is 14.2. The van der Waals surface area contributed by atoms with E-state index in [1.54, 1.807) is 0 Å². The molecule has 0 aliphatic carbocycles. The Labute approximate surface area is 138 Å². The number of morpholine rings is 1. The number of likely N-dealkylation sites (tertiary alicyclic amines) is 1. The summed E-state index contributed by atoms with van der Waals surface area (Å²) in [6, 6.07) is 0.635. The zero-order valence-corrected chi connectivity index (χ0v) is 14.2. The van der Waals surface area contributed by atoms with E-state index in [1.807, 2.05) is 25.0 Å². The second-order valence-electron chi connectivity index (χ2n) is 6.28. The molecule has 0 spiro atoms. The molecule has 1 atom stereocenters. The maximum absolute atomic E-state index is 5.45. The summed E-state index contributed by atoms with van der Waals surface area (Å²) in [5.74, 6) is 1.02. The molecule has 128 valence electrons. The summed E-state index contributed by atoms with van der Waals surface area (Å²) in [5.41, 5.74) is 1.25. The van der Waals surface area contributed by atoms with Gasteiger partial charge in [0, 0.05) is 59.1 Å². The maximum Gasteiger partial charge on any atom is 0.193 e. The molecule has 2 fully saturated rings. The molecule has 23 heavy (non-hydrogen) atoms. The van der Waals surface area contributed by atoms with Gasteiger partial charge >= 0.3 is 0 Å². The molecule has 0 amide bonds. The lowest BCUT2D eigenvalue weighted by Crippen LogP contribution is -2.46. The monoisotopic (exact) mass is 320 g/mol. The smallest absolute Gasteiger partial charge is 0.193 e. The van der Waals surface area contributed by atoms with Crippen LogP contribution in [0.2, 0.25) is 0 Å². The van der Waals surface area contributed by atoms with E-state index in [0.29, 0.717) is 6.04 Å². The van der Waals surface area contributed by atoms with Crippen LogP contribution in [0, 0.1) is 0 Å². The average molecular weight is 320 g/mol. The fourth-order valence-electron chi connectivity index (χ4n) is 3.43. The number of hydrogen-bond acceptors (Lipinski definition) is 4. The first-order valence-corrected chi connectivity index (χ1v) is 8.51. The number of aryl methyl sites for hydroxylation is 1. The van der Waals surface area contributed by atoms with Crippen molar-refractivity contribution < 1.29 is 4.74 Å². The van der Waals surface area contributed by atoms with Crippen molar-refractivity contribution in [1.29, 1.82) is 0 Å². The van der Waals surface area contributed by atoms with Gasteiger partial charge in [-0.25, -0.2) is 0 Å². The lowest BCUT2D eigenvalue weighted by molar-refractivity contribution is 0.0195. The predicted octanol–water partition coefficient (Wildman–Crippen LogP) is -0.0555. The molecule has 2 aliphatic heterocycles. The van der Waals surface area contributed by atoms with Gasteiger partial charge in [0.1, 0.15) is 0 Å². The number of nitrogens with one attached hydrogen (secondary N) is 1. The zero-order chi connectivity index (χ0) is 16.1. The van der Waals surface area contributed by atoms with E-state index in [1.165, 1.54) is 12.0 Å². The second kappa shape index (κ2) is 7.79. The number of ether oxygens (including phenoxy) is 1. The van der Waals surface area contributed by atoms with Gasteiger partial charge in [0.15, 0.2) is 5.96 Å². The van der Waals surface area contributed by atoms with Crippen LogP contribution in [-0.2, 0) is 18.2 Å². The van der Waals surface area contributed by atoms with Gasteiger partial charge in [-0.2, -0.15) is 5.10 Å². The maximum atomic E-state index is 5.45. The molecular weight excluding hydrogens is 292 g/mol. The molecule has 1 aromatic rings. The highest BCUT2D eigenvalue weighted by Crippen LogP contribution is 2.17. The minimum Gasteiger partial charge on any atom is -0.379 e. The van der Waals surface area contributed by atoms with E-state index >= 15 is 0 Å². The molecule has 0 aromatic carbocycles. The van der Waals surface area contributed by atoms with Crippen LogP contribution in [0.4, 0.5) is 0 Å². The Bertz CT molecular complexity index is 522. The van der Waals surface area contributed by atoms with Gasteiger partial charge in [-0.3, -0.25) is 14.6 Å².